The minimum absolute atomic E-state index is 0.221. The van der Waals surface area contributed by atoms with Crippen LogP contribution in [0.25, 0.3) is 0 Å². The number of benzene rings is 1. The van der Waals surface area contributed by atoms with Gasteiger partial charge in [0.25, 0.3) is 0 Å². The highest BCUT2D eigenvalue weighted by Crippen LogP contribution is 2.29. The molecule has 1 saturated heterocycles. The maximum atomic E-state index is 11.9. The molecule has 0 radical (unpaired) electrons. The largest absolute Gasteiger partial charge is 0.444 e. The monoisotopic (exact) mass is 291 g/mol. The number of aldehydes is 1. The van der Waals surface area contributed by atoms with Crippen LogP contribution in [0.2, 0.25) is 0 Å². The van der Waals surface area contributed by atoms with Gasteiger partial charge < -0.3 is 14.3 Å². The molecule has 0 aliphatic carbocycles. The number of hydrogen-bond acceptors (Lipinski definition) is 4. The standard InChI is InChI=1S/C16H21NO4/c1-16(2,3)21-15(19)17-13(9-18)14(17)11-20-10-12-7-5-4-6-8-12/h4-9,13-14H,10-11H2,1-3H3/t13-,14+,17?/m1/s1. The number of amides is 1. The van der Waals surface area contributed by atoms with Gasteiger partial charge in [0.15, 0.2) is 0 Å². The predicted molar refractivity (Wildman–Crippen MR) is 77.8 cm³/mol. The van der Waals surface area contributed by atoms with Crippen molar-refractivity contribution in [1.29, 1.82) is 0 Å². The molecule has 1 aromatic rings. The Hall–Kier alpha value is -1.88. The van der Waals surface area contributed by atoms with Gasteiger partial charge in [-0.15, -0.1) is 0 Å². The van der Waals surface area contributed by atoms with Gasteiger partial charge in [-0.1, -0.05) is 30.3 Å². The number of rotatable bonds is 5. The minimum Gasteiger partial charge on any atom is -0.444 e. The SMILES string of the molecule is CC(C)(C)OC(=O)N1[C@H](C=O)[C@@H]1COCc1ccccc1. The van der Waals surface area contributed by atoms with Crippen molar-refractivity contribution >= 4 is 12.4 Å². The summed E-state index contributed by atoms with van der Waals surface area (Å²) in [6, 6.07) is 9.10. The molecule has 5 nitrogen and oxygen atoms in total. The van der Waals surface area contributed by atoms with E-state index in [0.29, 0.717) is 13.2 Å². The highest BCUT2D eigenvalue weighted by molar-refractivity contribution is 5.81. The lowest BCUT2D eigenvalue weighted by molar-refractivity contribution is -0.108. The molecule has 0 spiro atoms. The Morgan fingerprint density at radius 2 is 1.95 bits per heavy atom. The van der Waals surface area contributed by atoms with E-state index in [0.717, 1.165) is 11.8 Å². The molecule has 2 rings (SSSR count). The van der Waals surface area contributed by atoms with Crippen molar-refractivity contribution < 1.29 is 19.1 Å². The molecule has 0 bridgehead atoms. The van der Waals surface area contributed by atoms with Crippen LogP contribution < -0.4 is 0 Å². The summed E-state index contributed by atoms with van der Waals surface area (Å²) in [7, 11) is 0. The Labute approximate surface area is 124 Å². The minimum atomic E-state index is -0.567. The zero-order valence-corrected chi connectivity index (χ0v) is 12.6. The molecular weight excluding hydrogens is 270 g/mol. The smallest absolute Gasteiger partial charge is 0.411 e. The summed E-state index contributed by atoms with van der Waals surface area (Å²) in [6.45, 7) is 6.18. The lowest BCUT2D eigenvalue weighted by atomic mass is 10.2. The summed E-state index contributed by atoms with van der Waals surface area (Å²) in [6.07, 6.45) is 0.299. The third kappa shape index (κ3) is 4.29. The summed E-state index contributed by atoms with van der Waals surface area (Å²) in [4.78, 5) is 24.3. The van der Waals surface area contributed by atoms with Crippen LogP contribution in [-0.4, -0.2) is 41.6 Å². The summed E-state index contributed by atoms with van der Waals surface area (Å²) >= 11 is 0. The summed E-state index contributed by atoms with van der Waals surface area (Å²) < 4.78 is 10.8. The normalized spacial score (nSPS) is 21.0. The molecule has 1 aliphatic heterocycles. The third-order valence-electron chi connectivity index (χ3n) is 3.13. The Balaban J connectivity index is 1.81. The second-order valence-corrected chi connectivity index (χ2v) is 6.08. The van der Waals surface area contributed by atoms with E-state index in [-0.39, 0.29) is 6.04 Å². The molecule has 0 N–H and O–H groups in total. The van der Waals surface area contributed by atoms with Crippen molar-refractivity contribution in [3.63, 3.8) is 0 Å². The van der Waals surface area contributed by atoms with Crippen LogP contribution >= 0.6 is 0 Å². The second kappa shape index (κ2) is 6.26. The first-order valence-corrected chi connectivity index (χ1v) is 7.00. The third-order valence-corrected chi connectivity index (χ3v) is 3.13. The van der Waals surface area contributed by atoms with Gasteiger partial charge in [0, 0.05) is 0 Å². The Kier molecular flexibility index (Phi) is 4.63. The molecule has 1 aromatic carbocycles. The molecule has 1 amide bonds. The number of carbonyl (C=O) groups excluding carboxylic acids is 2. The fourth-order valence-corrected chi connectivity index (χ4v) is 2.08. The molecule has 0 unspecified atom stereocenters. The summed E-state index contributed by atoms with van der Waals surface area (Å²) in [5.74, 6) is 0. The highest BCUT2D eigenvalue weighted by atomic mass is 16.6. The van der Waals surface area contributed by atoms with Gasteiger partial charge in [-0.25, -0.2) is 4.79 Å². The number of hydrogen-bond donors (Lipinski definition) is 0. The molecular formula is C16H21NO4. The van der Waals surface area contributed by atoms with E-state index in [1.807, 2.05) is 30.3 Å². The molecule has 21 heavy (non-hydrogen) atoms. The van der Waals surface area contributed by atoms with Crippen LogP contribution in [0.3, 0.4) is 0 Å². The van der Waals surface area contributed by atoms with E-state index < -0.39 is 17.7 Å². The molecule has 2 atom stereocenters. The Bertz CT molecular complexity index is 495. The average molecular weight is 291 g/mol. The fraction of sp³-hybridized carbons (Fsp3) is 0.500. The van der Waals surface area contributed by atoms with Gasteiger partial charge in [-0.3, -0.25) is 4.90 Å². The van der Waals surface area contributed by atoms with E-state index in [1.165, 1.54) is 4.90 Å². The van der Waals surface area contributed by atoms with Crippen LogP contribution in [0.5, 0.6) is 0 Å². The van der Waals surface area contributed by atoms with Crippen molar-refractivity contribution in [1.82, 2.24) is 4.90 Å². The zero-order chi connectivity index (χ0) is 15.5. The fourth-order valence-electron chi connectivity index (χ4n) is 2.08. The van der Waals surface area contributed by atoms with E-state index in [1.54, 1.807) is 20.8 Å². The maximum Gasteiger partial charge on any atom is 0.411 e. The van der Waals surface area contributed by atoms with Crippen LogP contribution in [-0.2, 0) is 20.9 Å². The van der Waals surface area contributed by atoms with Crippen molar-refractivity contribution in [3.05, 3.63) is 35.9 Å². The Morgan fingerprint density at radius 1 is 1.29 bits per heavy atom. The Morgan fingerprint density at radius 3 is 2.52 bits per heavy atom. The van der Waals surface area contributed by atoms with Crippen LogP contribution in [0.4, 0.5) is 4.79 Å². The highest BCUT2D eigenvalue weighted by Gasteiger charge is 2.52. The van der Waals surface area contributed by atoms with Gasteiger partial charge in [0.05, 0.1) is 19.3 Å². The van der Waals surface area contributed by atoms with Gasteiger partial charge in [-0.2, -0.15) is 0 Å². The van der Waals surface area contributed by atoms with Gasteiger partial charge in [0.2, 0.25) is 0 Å². The number of nitrogens with zero attached hydrogens (tertiary/aromatic N) is 1. The number of ether oxygens (including phenoxy) is 2. The quantitative estimate of drug-likeness (QED) is 0.617. The van der Waals surface area contributed by atoms with Crippen molar-refractivity contribution in [3.8, 4) is 0 Å². The summed E-state index contributed by atoms with van der Waals surface area (Å²) in [5, 5.41) is 0. The van der Waals surface area contributed by atoms with E-state index in [9.17, 15) is 9.59 Å². The predicted octanol–water partition coefficient (Wildman–Crippen LogP) is 2.39. The first-order valence-electron chi connectivity index (χ1n) is 7.00. The van der Waals surface area contributed by atoms with Crippen LogP contribution in [0, 0.1) is 0 Å². The van der Waals surface area contributed by atoms with Crippen molar-refractivity contribution in [2.45, 2.75) is 45.1 Å². The van der Waals surface area contributed by atoms with E-state index >= 15 is 0 Å². The molecule has 5 heteroatoms. The zero-order valence-electron chi connectivity index (χ0n) is 12.6. The molecule has 1 aliphatic rings. The topological polar surface area (TPSA) is 55.6 Å². The molecule has 0 aromatic heterocycles. The van der Waals surface area contributed by atoms with Crippen molar-refractivity contribution in [2.24, 2.45) is 0 Å². The lowest BCUT2D eigenvalue weighted by Gasteiger charge is -2.20. The van der Waals surface area contributed by atoms with Gasteiger partial charge in [-0.05, 0) is 26.3 Å². The first-order chi connectivity index (χ1) is 9.92. The first kappa shape index (κ1) is 15.5. The second-order valence-electron chi connectivity index (χ2n) is 6.08. The molecule has 1 heterocycles. The van der Waals surface area contributed by atoms with E-state index in [2.05, 4.69) is 0 Å². The van der Waals surface area contributed by atoms with Gasteiger partial charge >= 0.3 is 6.09 Å². The maximum absolute atomic E-state index is 11.9. The summed E-state index contributed by atoms with van der Waals surface area (Å²) in [5.41, 5.74) is 0.493. The average Bonchev–Trinajstić information content (AvgIpc) is 3.11. The van der Waals surface area contributed by atoms with E-state index in [4.69, 9.17) is 9.47 Å². The molecule has 1 fully saturated rings. The lowest BCUT2D eigenvalue weighted by Crippen LogP contribution is -2.29. The molecule has 114 valence electrons. The van der Waals surface area contributed by atoms with Crippen LogP contribution in [0.1, 0.15) is 26.3 Å². The number of carbonyl (C=O) groups is 2. The molecule has 0 saturated carbocycles. The van der Waals surface area contributed by atoms with Crippen molar-refractivity contribution in [2.75, 3.05) is 6.61 Å². The van der Waals surface area contributed by atoms with Gasteiger partial charge in [0.1, 0.15) is 17.9 Å². The van der Waals surface area contributed by atoms with Crippen LogP contribution in [0.15, 0.2) is 30.3 Å².